The first-order valence-electron chi connectivity index (χ1n) is 21.6. The Labute approximate surface area is 362 Å². The number of rotatable bonds is 13. The summed E-state index contributed by atoms with van der Waals surface area (Å²) in [6.07, 6.45) is 20.6. The number of hydrogen-bond acceptors (Lipinski definition) is 4. The van der Waals surface area contributed by atoms with E-state index in [0.717, 1.165) is 105 Å². The van der Waals surface area contributed by atoms with E-state index in [1.807, 2.05) is 12.1 Å². The van der Waals surface area contributed by atoms with Gasteiger partial charge < -0.3 is 9.47 Å². The fraction of sp³-hybridized carbons (Fsp3) is 0.207. The highest BCUT2D eigenvalue weighted by molar-refractivity contribution is 6.45. The van der Waals surface area contributed by atoms with E-state index in [4.69, 9.17) is 25.9 Å². The molecule has 0 aliphatic heterocycles. The summed E-state index contributed by atoms with van der Waals surface area (Å²) in [5, 5.41) is 12.2. The minimum Gasteiger partial charge on any atom is -0.492 e. The molecule has 0 aliphatic carbocycles. The van der Waals surface area contributed by atoms with Gasteiger partial charge in [0.2, 0.25) is 0 Å². The highest BCUT2D eigenvalue weighted by atomic mass is 16.5. The van der Waals surface area contributed by atoms with Crippen LogP contribution < -0.4 is 9.47 Å². The predicted octanol–water partition coefficient (Wildman–Crippen LogP) is 13.4. The van der Waals surface area contributed by atoms with Gasteiger partial charge in [0.1, 0.15) is 11.9 Å². The molecule has 0 bridgehead atoms. The molecule has 4 nitrogen and oxygen atoms in total. The van der Waals surface area contributed by atoms with Gasteiger partial charge in [-0.3, -0.25) is 0 Å². The highest BCUT2D eigenvalue weighted by Gasteiger charge is 2.28. The van der Waals surface area contributed by atoms with Crippen LogP contribution in [0.15, 0.2) is 97.1 Å². The third-order valence-electron chi connectivity index (χ3n) is 11.6. The molecular formula is C58H42N2O2. The van der Waals surface area contributed by atoms with Gasteiger partial charge >= 0.3 is 0 Å². The second kappa shape index (κ2) is 18.6. The minimum atomic E-state index is 0.598. The molecule has 9 rings (SSSR count). The fourth-order valence-corrected chi connectivity index (χ4v) is 8.96. The lowest BCUT2D eigenvalue weighted by atomic mass is 9.86. The SMILES string of the molecule is C#CC#CC#CC#CC#CC#COc1c2ccccc2c2c3ccccc3nc3c4c(OCCCCCCCCCCCC)c5ccccc5c5c6ccccc6nc(c1c32)c45. The van der Waals surface area contributed by atoms with Gasteiger partial charge in [-0.15, -0.1) is 6.42 Å². The zero-order valence-corrected chi connectivity index (χ0v) is 34.8. The summed E-state index contributed by atoms with van der Waals surface area (Å²) < 4.78 is 13.6. The summed E-state index contributed by atoms with van der Waals surface area (Å²) in [6.45, 7) is 2.88. The van der Waals surface area contributed by atoms with Crippen LogP contribution in [0.5, 0.6) is 11.5 Å². The van der Waals surface area contributed by atoms with Crippen molar-refractivity contribution in [3.05, 3.63) is 97.1 Å². The molecule has 2 aromatic heterocycles. The Kier molecular flexibility index (Phi) is 11.9. The van der Waals surface area contributed by atoms with E-state index in [1.54, 1.807) is 0 Å². The third-order valence-corrected chi connectivity index (χ3v) is 11.6. The molecule has 296 valence electrons. The van der Waals surface area contributed by atoms with E-state index in [9.17, 15) is 0 Å². The van der Waals surface area contributed by atoms with E-state index in [1.165, 1.54) is 51.4 Å². The number of ether oxygens (including phenoxy) is 2. The van der Waals surface area contributed by atoms with Crippen LogP contribution in [-0.4, -0.2) is 16.6 Å². The van der Waals surface area contributed by atoms with Gasteiger partial charge in [-0.1, -0.05) is 150 Å². The van der Waals surface area contributed by atoms with Gasteiger partial charge in [-0.2, -0.15) is 0 Å². The van der Waals surface area contributed by atoms with E-state index < -0.39 is 0 Å². The van der Waals surface area contributed by atoms with Crippen LogP contribution in [0.1, 0.15) is 71.1 Å². The number of hydrogen-bond donors (Lipinski definition) is 0. The number of nitrogens with zero attached hydrogens (tertiary/aromatic N) is 2. The van der Waals surface area contributed by atoms with E-state index in [-0.39, 0.29) is 0 Å². The van der Waals surface area contributed by atoms with Crippen LogP contribution in [0.4, 0.5) is 0 Å². The first-order valence-corrected chi connectivity index (χ1v) is 21.6. The van der Waals surface area contributed by atoms with Gasteiger partial charge in [0.15, 0.2) is 5.75 Å². The summed E-state index contributed by atoms with van der Waals surface area (Å²) in [5.74, 6) is 27.4. The molecule has 4 heteroatoms. The number of fused-ring (bicyclic) bond motifs is 10. The Morgan fingerprint density at radius 3 is 1.37 bits per heavy atom. The molecule has 0 fully saturated rings. The summed E-state index contributed by atoms with van der Waals surface area (Å²) in [5.41, 5.74) is 3.45. The van der Waals surface area contributed by atoms with E-state index >= 15 is 0 Å². The third kappa shape index (κ3) is 7.58. The Balaban J connectivity index is 1.27. The van der Waals surface area contributed by atoms with Crippen molar-refractivity contribution in [3.63, 3.8) is 0 Å². The largest absolute Gasteiger partial charge is 0.492 e. The summed E-state index contributed by atoms with van der Waals surface area (Å²) in [4.78, 5) is 11.1. The minimum absolute atomic E-state index is 0.598. The normalized spacial score (nSPS) is 10.7. The zero-order valence-electron chi connectivity index (χ0n) is 34.8. The summed E-state index contributed by atoms with van der Waals surface area (Å²) in [6, 6.07) is 33.7. The van der Waals surface area contributed by atoms with Crippen molar-refractivity contribution in [2.75, 3.05) is 6.61 Å². The molecule has 0 amide bonds. The number of pyridine rings is 2. The lowest BCUT2D eigenvalue weighted by Crippen LogP contribution is -2.03. The molecule has 9 aromatic rings. The van der Waals surface area contributed by atoms with Gasteiger partial charge in [0, 0.05) is 72.7 Å². The molecule has 2 heterocycles. The van der Waals surface area contributed by atoms with Crippen molar-refractivity contribution in [2.24, 2.45) is 0 Å². The second-order valence-electron chi connectivity index (χ2n) is 15.5. The topological polar surface area (TPSA) is 44.2 Å². The van der Waals surface area contributed by atoms with Crippen LogP contribution >= 0.6 is 0 Å². The molecule has 0 N–H and O–H groups in total. The monoisotopic (exact) mass is 798 g/mol. The summed E-state index contributed by atoms with van der Waals surface area (Å²) >= 11 is 0. The number of para-hydroxylation sites is 2. The van der Waals surface area contributed by atoms with Crippen molar-refractivity contribution in [1.82, 2.24) is 9.97 Å². The number of unbranched alkanes of at least 4 members (excludes halogenated alkanes) is 9. The molecular weight excluding hydrogens is 757 g/mol. The fourth-order valence-electron chi connectivity index (χ4n) is 8.96. The van der Waals surface area contributed by atoms with Crippen LogP contribution in [0.2, 0.25) is 0 Å². The molecule has 0 spiro atoms. The Morgan fingerprint density at radius 2 is 0.839 bits per heavy atom. The lowest BCUT2D eigenvalue weighted by molar-refractivity contribution is 0.311. The Morgan fingerprint density at radius 1 is 0.419 bits per heavy atom. The van der Waals surface area contributed by atoms with Crippen molar-refractivity contribution in [3.8, 4) is 83.2 Å². The molecule has 0 saturated carbocycles. The molecule has 0 radical (unpaired) electrons. The second-order valence-corrected chi connectivity index (χ2v) is 15.5. The van der Waals surface area contributed by atoms with Crippen molar-refractivity contribution < 1.29 is 9.47 Å². The molecule has 0 aliphatic rings. The van der Waals surface area contributed by atoms with Gasteiger partial charge in [0.05, 0.1) is 39.4 Å². The zero-order chi connectivity index (χ0) is 42.1. The average molecular weight is 799 g/mol. The van der Waals surface area contributed by atoms with Gasteiger partial charge in [-0.25, -0.2) is 9.97 Å². The van der Waals surface area contributed by atoms with Crippen LogP contribution in [0.3, 0.4) is 0 Å². The van der Waals surface area contributed by atoms with E-state index in [2.05, 4.69) is 157 Å². The highest BCUT2D eigenvalue weighted by Crippen LogP contribution is 2.53. The van der Waals surface area contributed by atoms with Crippen LogP contribution in [0, 0.1) is 71.7 Å². The number of terminal acetylenes is 1. The molecule has 7 aromatic carbocycles. The maximum absolute atomic E-state index is 7.07. The van der Waals surface area contributed by atoms with Gasteiger partial charge in [0.25, 0.3) is 0 Å². The van der Waals surface area contributed by atoms with Crippen molar-refractivity contribution in [1.29, 1.82) is 0 Å². The Hall–Kier alpha value is -7.86. The quantitative estimate of drug-likeness (QED) is 0.0504. The maximum Gasteiger partial charge on any atom is 0.158 e. The molecule has 0 saturated heterocycles. The molecule has 62 heavy (non-hydrogen) atoms. The standard InChI is InChI=1S/C58H42N2O2/c1-3-5-7-9-11-13-15-17-19-29-39-61-57-43-33-23-21-31-41(43)49-45-35-25-28-38-48(45)60-56-51(49)53(57)55-52-50(46-36-26-27-37-47(46)59-55)42-32-22-24-34-44(42)58(54(52)56)62-40-30-20-18-16-14-12-10-8-6-4-2/h1,21-28,31-38H,4,6,8,10,12,14,16,18,20,30,40H2,2H3. The average Bonchev–Trinajstić information content (AvgIpc) is 3.31. The maximum atomic E-state index is 7.07. The van der Waals surface area contributed by atoms with Gasteiger partial charge in [-0.05, 0) is 58.9 Å². The lowest BCUT2D eigenvalue weighted by Gasteiger charge is -2.23. The first kappa shape index (κ1) is 39.6. The first-order chi connectivity index (χ1) is 30.8. The van der Waals surface area contributed by atoms with Crippen molar-refractivity contribution >= 4 is 86.7 Å². The molecule has 0 atom stereocenters. The Bertz CT molecular complexity index is 3570. The molecule has 0 unspecified atom stereocenters. The smallest absolute Gasteiger partial charge is 0.158 e. The van der Waals surface area contributed by atoms with Crippen LogP contribution in [-0.2, 0) is 0 Å². The van der Waals surface area contributed by atoms with E-state index in [0.29, 0.717) is 12.4 Å². The number of benzene rings is 7. The van der Waals surface area contributed by atoms with Crippen molar-refractivity contribution in [2.45, 2.75) is 71.1 Å². The summed E-state index contributed by atoms with van der Waals surface area (Å²) in [7, 11) is 0. The number of aromatic nitrogens is 2. The van der Waals surface area contributed by atoms with Crippen LogP contribution in [0.25, 0.3) is 86.7 Å². The predicted molar refractivity (Wildman–Crippen MR) is 259 cm³/mol.